The molecule has 2 aromatic rings. The van der Waals surface area contributed by atoms with E-state index in [0.29, 0.717) is 16.5 Å². The van der Waals surface area contributed by atoms with Crippen LogP contribution in [-0.4, -0.2) is 32.6 Å². The Hall–Kier alpha value is -2.73. The average Bonchev–Trinajstić information content (AvgIpc) is 2.58. The molecule has 0 bridgehead atoms. The van der Waals surface area contributed by atoms with E-state index in [1.165, 1.54) is 38.5 Å². The van der Waals surface area contributed by atoms with E-state index in [4.69, 9.17) is 31.5 Å². The fourth-order valence-electron chi connectivity index (χ4n) is 2.04. The van der Waals surface area contributed by atoms with Gasteiger partial charge in [0.1, 0.15) is 11.5 Å². The molecule has 0 atom stereocenters. The molecule has 7 heteroatoms. The van der Waals surface area contributed by atoms with Gasteiger partial charge in [0.2, 0.25) is 5.78 Å². The summed E-state index contributed by atoms with van der Waals surface area (Å²) in [5.74, 6) is -0.277. The number of methoxy groups -OCH3 is 2. The number of hydrogen-bond donors (Lipinski definition) is 1. The van der Waals surface area contributed by atoms with E-state index in [2.05, 4.69) is 0 Å². The lowest BCUT2D eigenvalue weighted by Crippen LogP contribution is -2.16. The number of halogens is 1. The van der Waals surface area contributed by atoms with Crippen LogP contribution in [0, 0.1) is 0 Å². The van der Waals surface area contributed by atoms with Gasteiger partial charge in [-0.25, -0.2) is 4.79 Å². The Labute approximate surface area is 144 Å². The van der Waals surface area contributed by atoms with Crippen molar-refractivity contribution in [3.63, 3.8) is 0 Å². The molecular weight excluding hydrogens is 334 g/mol. The van der Waals surface area contributed by atoms with E-state index in [9.17, 15) is 9.59 Å². The highest BCUT2D eigenvalue weighted by Crippen LogP contribution is 2.25. The highest BCUT2D eigenvalue weighted by Gasteiger charge is 2.18. The smallest absolute Gasteiger partial charge is 0.340 e. The van der Waals surface area contributed by atoms with Gasteiger partial charge in [-0.3, -0.25) is 4.79 Å². The quantitative estimate of drug-likeness (QED) is 0.490. The fraction of sp³-hybridized carbons (Fsp3) is 0.176. The van der Waals surface area contributed by atoms with Crippen LogP contribution in [0.3, 0.4) is 0 Å². The van der Waals surface area contributed by atoms with Crippen molar-refractivity contribution in [1.29, 1.82) is 0 Å². The van der Waals surface area contributed by atoms with Crippen molar-refractivity contribution in [3.05, 3.63) is 52.5 Å². The van der Waals surface area contributed by atoms with Crippen molar-refractivity contribution in [1.82, 2.24) is 0 Å². The maximum atomic E-state index is 12.3. The molecule has 126 valence electrons. The summed E-state index contributed by atoms with van der Waals surface area (Å²) in [6.07, 6.45) is 0. The van der Waals surface area contributed by atoms with Crippen LogP contribution >= 0.6 is 11.6 Å². The molecule has 0 aromatic heterocycles. The van der Waals surface area contributed by atoms with Gasteiger partial charge < -0.3 is 19.9 Å². The van der Waals surface area contributed by atoms with E-state index in [1.807, 2.05) is 0 Å². The SMILES string of the molecule is COc1ccc(OC)c(C(=O)COC(=O)c2ccc(Cl)cc2N)c1. The number of Topliss-reactive ketones (excluding diaryl/α,β-unsaturated/α-hetero) is 1. The van der Waals surface area contributed by atoms with Gasteiger partial charge in [-0.15, -0.1) is 0 Å². The highest BCUT2D eigenvalue weighted by molar-refractivity contribution is 6.31. The highest BCUT2D eigenvalue weighted by atomic mass is 35.5. The first-order chi connectivity index (χ1) is 11.5. The van der Waals surface area contributed by atoms with Crippen LogP contribution in [-0.2, 0) is 4.74 Å². The molecule has 2 N–H and O–H groups in total. The lowest BCUT2D eigenvalue weighted by Gasteiger charge is -2.10. The van der Waals surface area contributed by atoms with Crippen LogP contribution in [0.25, 0.3) is 0 Å². The molecule has 0 heterocycles. The minimum Gasteiger partial charge on any atom is -0.497 e. The number of hydrogen-bond acceptors (Lipinski definition) is 6. The molecule has 0 saturated carbocycles. The van der Waals surface area contributed by atoms with Gasteiger partial charge in [0, 0.05) is 10.7 Å². The van der Waals surface area contributed by atoms with E-state index in [-0.39, 0.29) is 16.8 Å². The second-order valence-electron chi connectivity index (χ2n) is 4.80. The molecule has 0 aliphatic heterocycles. The monoisotopic (exact) mass is 349 g/mol. The third-order valence-electron chi connectivity index (χ3n) is 3.27. The molecule has 0 radical (unpaired) electrons. The van der Waals surface area contributed by atoms with Crippen molar-refractivity contribution in [2.45, 2.75) is 0 Å². The predicted molar refractivity (Wildman–Crippen MR) is 90.0 cm³/mol. The average molecular weight is 350 g/mol. The lowest BCUT2D eigenvalue weighted by molar-refractivity contribution is 0.0475. The van der Waals surface area contributed by atoms with Crippen LogP contribution in [0.4, 0.5) is 5.69 Å². The Bertz CT molecular complexity index is 776. The summed E-state index contributed by atoms with van der Waals surface area (Å²) in [6.45, 7) is -0.454. The number of nitrogen functional groups attached to an aromatic ring is 1. The van der Waals surface area contributed by atoms with Crippen LogP contribution in [0.5, 0.6) is 11.5 Å². The zero-order chi connectivity index (χ0) is 17.7. The number of ketones is 1. The number of rotatable bonds is 6. The molecule has 2 rings (SSSR count). The first-order valence-electron chi connectivity index (χ1n) is 6.93. The fourth-order valence-corrected chi connectivity index (χ4v) is 2.22. The van der Waals surface area contributed by atoms with Crippen molar-refractivity contribution >= 4 is 29.0 Å². The Morgan fingerprint density at radius 1 is 1.04 bits per heavy atom. The Kier molecular flexibility index (Phi) is 5.65. The van der Waals surface area contributed by atoms with Gasteiger partial charge in [-0.05, 0) is 36.4 Å². The zero-order valence-corrected chi connectivity index (χ0v) is 13.9. The Morgan fingerprint density at radius 3 is 2.42 bits per heavy atom. The number of ether oxygens (including phenoxy) is 3. The molecule has 2 aromatic carbocycles. The molecule has 0 aliphatic carbocycles. The summed E-state index contributed by atoms with van der Waals surface area (Å²) in [7, 11) is 2.93. The normalized spacial score (nSPS) is 10.1. The van der Waals surface area contributed by atoms with E-state index in [0.717, 1.165) is 0 Å². The predicted octanol–water partition coefficient (Wildman–Crippen LogP) is 2.98. The summed E-state index contributed by atoms with van der Waals surface area (Å²) >= 11 is 5.78. The van der Waals surface area contributed by atoms with Gasteiger partial charge in [0.15, 0.2) is 6.61 Å². The first kappa shape index (κ1) is 17.6. The second kappa shape index (κ2) is 7.70. The van der Waals surface area contributed by atoms with Crippen LogP contribution < -0.4 is 15.2 Å². The Balaban J connectivity index is 2.11. The van der Waals surface area contributed by atoms with Gasteiger partial charge in [-0.1, -0.05) is 11.6 Å². The van der Waals surface area contributed by atoms with Crippen LogP contribution in [0.1, 0.15) is 20.7 Å². The number of benzene rings is 2. The molecule has 0 amide bonds. The minimum atomic E-state index is -0.709. The number of nitrogens with two attached hydrogens (primary N) is 1. The molecule has 24 heavy (non-hydrogen) atoms. The second-order valence-corrected chi connectivity index (χ2v) is 5.23. The van der Waals surface area contributed by atoms with Crippen LogP contribution in [0.15, 0.2) is 36.4 Å². The van der Waals surface area contributed by atoms with Crippen molar-refractivity contribution in [2.75, 3.05) is 26.6 Å². The minimum absolute atomic E-state index is 0.143. The number of carbonyl (C=O) groups is 2. The number of anilines is 1. The molecular formula is C17H16ClNO5. The largest absolute Gasteiger partial charge is 0.497 e. The Morgan fingerprint density at radius 2 is 1.79 bits per heavy atom. The third-order valence-corrected chi connectivity index (χ3v) is 3.51. The van der Waals surface area contributed by atoms with E-state index < -0.39 is 18.4 Å². The standard InChI is InChI=1S/C17H16ClNO5/c1-22-11-4-6-16(23-2)13(8-11)15(20)9-24-17(21)12-5-3-10(18)7-14(12)19/h3-8H,9,19H2,1-2H3. The third kappa shape index (κ3) is 3.97. The number of carbonyl (C=O) groups excluding carboxylic acids is 2. The van der Waals surface area contributed by atoms with Gasteiger partial charge in [0.05, 0.1) is 25.3 Å². The summed E-state index contributed by atoms with van der Waals surface area (Å²) in [5.41, 5.74) is 6.30. The van der Waals surface area contributed by atoms with E-state index >= 15 is 0 Å². The molecule has 0 saturated heterocycles. The summed E-state index contributed by atoms with van der Waals surface area (Å²) in [5, 5.41) is 0.404. The lowest BCUT2D eigenvalue weighted by atomic mass is 10.1. The van der Waals surface area contributed by atoms with Gasteiger partial charge >= 0.3 is 5.97 Å². The molecule has 0 spiro atoms. The van der Waals surface area contributed by atoms with Crippen LogP contribution in [0.2, 0.25) is 5.02 Å². The van der Waals surface area contributed by atoms with Crippen molar-refractivity contribution in [3.8, 4) is 11.5 Å². The van der Waals surface area contributed by atoms with Gasteiger partial charge in [-0.2, -0.15) is 0 Å². The summed E-state index contributed by atoms with van der Waals surface area (Å²) in [6, 6.07) is 9.18. The van der Waals surface area contributed by atoms with E-state index in [1.54, 1.807) is 12.1 Å². The molecule has 6 nitrogen and oxygen atoms in total. The molecule has 0 fully saturated rings. The first-order valence-corrected chi connectivity index (χ1v) is 7.31. The van der Waals surface area contributed by atoms with Crippen molar-refractivity contribution in [2.24, 2.45) is 0 Å². The summed E-state index contributed by atoms with van der Waals surface area (Å²) in [4.78, 5) is 24.3. The number of esters is 1. The van der Waals surface area contributed by atoms with Crippen molar-refractivity contribution < 1.29 is 23.8 Å². The molecule has 0 unspecified atom stereocenters. The maximum Gasteiger partial charge on any atom is 0.340 e. The zero-order valence-electron chi connectivity index (χ0n) is 13.2. The topological polar surface area (TPSA) is 87.9 Å². The maximum absolute atomic E-state index is 12.3. The summed E-state index contributed by atoms with van der Waals surface area (Å²) < 4.78 is 15.3. The molecule has 0 aliphatic rings. The van der Waals surface area contributed by atoms with Gasteiger partial charge in [0.25, 0.3) is 0 Å².